The van der Waals surface area contributed by atoms with Crippen molar-refractivity contribution >= 4 is 0 Å². The molecule has 2 aliphatic heterocycles. The van der Waals surface area contributed by atoms with Crippen molar-refractivity contribution in [3.8, 4) is 0 Å². The third-order valence-corrected chi connectivity index (χ3v) is 3.28. The first-order valence-electron chi connectivity index (χ1n) is 5.39. The quantitative estimate of drug-likeness (QED) is 0.691. The molecule has 0 aromatic heterocycles. The van der Waals surface area contributed by atoms with E-state index in [1.54, 1.807) is 6.92 Å². The van der Waals surface area contributed by atoms with E-state index in [1.807, 2.05) is 0 Å². The monoisotopic (exact) mass is 202 g/mol. The molecule has 82 valence electrons. The maximum atomic E-state index is 14.2. The summed E-state index contributed by atoms with van der Waals surface area (Å²) in [5, 5.41) is 6.41. The van der Waals surface area contributed by atoms with E-state index < -0.39 is 5.67 Å². The van der Waals surface area contributed by atoms with Crippen molar-refractivity contribution in [3.05, 3.63) is 0 Å². The topological polar surface area (TPSA) is 33.3 Å². The Kier molecular flexibility index (Phi) is 3.04. The molecule has 0 aromatic rings. The van der Waals surface area contributed by atoms with Crippen LogP contribution in [0.1, 0.15) is 13.3 Å². The molecule has 0 saturated carbocycles. The Labute approximate surface area is 84.4 Å². The molecule has 3 nitrogen and oxygen atoms in total. The average Bonchev–Trinajstić information content (AvgIpc) is 2.00. The molecule has 4 heteroatoms. The van der Waals surface area contributed by atoms with Gasteiger partial charge in [0.25, 0.3) is 0 Å². The summed E-state index contributed by atoms with van der Waals surface area (Å²) in [6.45, 7) is 5.61. The molecule has 2 unspecified atom stereocenters. The van der Waals surface area contributed by atoms with Gasteiger partial charge in [0.15, 0.2) is 0 Å². The Morgan fingerprint density at radius 2 is 2.29 bits per heavy atom. The molecule has 2 rings (SSSR count). The first-order valence-corrected chi connectivity index (χ1v) is 5.39. The minimum atomic E-state index is -1.05. The summed E-state index contributed by atoms with van der Waals surface area (Å²) in [7, 11) is 0. The molecule has 0 spiro atoms. The normalized spacial score (nSPS) is 33.4. The standard InChI is InChI=1S/C10H19FN2O/c1-10(11,8-5-12-6-8)4-9-7-14-3-2-13-9/h8-9,12-13H,2-7H2,1H3. The maximum Gasteiger partial charge on any atom is 0.115 e. The van der Waals surface area contributed by atoms with Crippen molar-refractivity contribution in [3.63, 3.8) is 0 Å². The van der Waals surface area contributed by atoms with Crippen molar-refractivity contribution in [1.82, 2.24) is 10.6 Å². The van der Waals surface area contributed by atoms with Gasteiger partial charge >= 0.3 is 0 Å². The third-order valence-electron chi connectivity index (χ3n) is 3.28. The predicted molar refractivity (Wildman–Crippen MR) is 53.1 cm³/mol. The largest absolute Gasteiger partial charge is 0.379 e. The summed E-state index contributed by atoms with van der Waals surface area (Å²) >= 11 is 0. The lowest BCUT2D eigenvalue weighted by atomic mass is 9.81. The maximum absolute atomic E-state index is 14.2. The van der Waals surface area contributed by atoms with Crippen LogP contribution in [0.2, 0.25) is 0 Å². The van der Waals surface area contributed by atoms with Crippen LogP contribution < -0.4 is 10.6 Å². The third kappa shape index (κ3) is 2.24. The van der Waals surface area contributed by atoms with Crippen molar-refractivity contribution < 1.29 is 9.13 Å². The smallest absolute Gasteiger partial charge is 0.115 e. The lowest BCUT2D eigenvalue weighted by Crippen LogP contribution is -2.55. The molecule has 0 radical (unpaired) electrons. The zero-order valence-electron chi connectivity index (χ0n) is 8.68. The van der Waals surface area contributed by atoms with Crippen LogP contribution in [-0.2, 0) is 4.74 Å². The minimum Gasteiger partial charge on any atom is -0.379 e. The number of hydrogen-bond acceptors (Lipinski definition) is 3. The molecule has 0 amide bonds. The number of morpholine rings is 1. The summed E-state index contributed by atoms with van der Waals surface area (Å²) in [5.41, 5.74) is -1.05. The van der Waals surface area contributed by atoms with Crippen molar-refractivity contribution in [2.24, 2.45) is 5.92 Å². The van der Waals surface area contributed by atoms with Gasteiger partial charge in [-0.05, 0) is 13.3 Å². The summed E-state index contributed by atoms with van der Waals surface area (Å²) < 4.78 is 19.5. The molecule has 0 aliphatic carbocycles. The van der Waals surface area contributed by atoms with Crippen LogP contribution in [0.15, 0.2) is 0 Å². The van der Waals surface area contributed by atoms with Crippen LogP contribution in [0.3, 0.4) is 0 Å². The van der Waals surface area contributed by atoms with Crippen molar-refractivity contribution in [2.45, 2.75) is 25.1 Å². The number of nitrogens with one attached hydrogen (secondary N) is 2. The van der Waals surface area contributed by atoms with Crippen molar-refractivity contribution in [1.29, 1.82) is 0 Å². The highest BCUT2D eigenvalue weighted by molar-refractivity contribution is 4.94. The van der Waals surface area contributed by atoms with Crippen LogP contribution in [0.5, 0.6) is 0 Å². The van der Waals surface area contributed by atoms with Gasteiger partial charge in [-0.3, -0.25) is 0 Å². The number of alkyl halides is 1. The highest BCUT2D eigenvalue weighted by atomic mass is 19.1. The highest BCUT2D eigenvalue weighted by Crippen LogP contribution is 2.30. The summed E-state index contributed by atoms with van der Waals surface area (Å²) in [4.78, 5) is 0. The molecule has 2 heterocycles. The fourth-order valence-electron chi connectivity index (χ4n) is 2.11. The Bertz CT molecular complexity index is 189. The Morgan fingerprint density at radius 1 is 1.50 bits per heavy atom. The van der Waals surface area contributed by atoms with E-state index in [0.29, 0.717) is 13.0 Å². The molecule has 2 fully saturated rings. The second-order valence-corrected chi connectivity index (χ2v) is 4.56. The van der Waals surface area contributed by atoms with Gasteiger partial charge in [-0.2, -0.15) is 0 Å². The first-order chi connectivity index (χ1) is 6.68. The summed E-state index contributed by atoms with van der Waals surface area (Å²) in [5.74, 6) is 0.186. The Balaban J connectivity index is 1.81. The minimum absolute atomic E-state index is 0.186. The zero-order chi connectivity index (χ0) is 10.0. The highest BCUT2D eigenvalue weighted by Gasteiger charge is 2.40. The molecule has 0 bridgehead atoms. The van der Waals surface area contributed by atoms with Gasteiger partial charge in [0.1, 0.15) is 5.67 Å². The zero-order valence-corrected chi connectivity index (χ0v) is 8.68. The van der Waals surface area contributed by atoms with Gasteiger partial charge in [-0.1, -0.05) is 0 Å². The van der Waals surface area contributed by atoms with Gasteiger partial charge in [0, 0.05) is 31.6 Å². The van der Waals surface area contributed by atoms with Gasteiger partial charge < -0.3 is 15.4 Å². The molecule has 2 aliphatic rings. The molecule has 0 aromatic carbocycles. The number of hydrogen-bond donors (Lipinski definition) is 2. The van der Waals surface area contributed by atoms with Crippen LogP contribution in [0.4, 0.5) is 4.39 Å². The first kappa shape index (κ1) is 10.3. The lowest BCUT2D eigenvalue weighted by molar-refractivity contribution is 0.0114. The lowest BCUT2D eigenvalue weighted by Gasteiger charge is -2.40. The van der Waals surface area contributed by atoms with E-state index in [2.05, 4.69) is 10.6 Å². The molecular weight excluding hydrogens is 183 g/mol. The number of ether oxygens (including phenoxy) is 1. The second-order valence-electron chi connectivity index (χ2n) is 4.56. The SMILES string of the molecule is CC(F)(CC1COCCN1)C1CNC1. The number of halogens is 1. The Morgan fingerprint density at radius 3 is 2.79 bits per heavy atom. The van der Waals surface area contributed by atoms with Crippen molar-refractivity contribution in [2.75, 3.05) is 32.8 Å². The second kappa shape index (κ2) is 4.13. The number of rotatable bonds is 3. The van der Waals surface area contributed by atoms with Crippen LogP contribution >= 0.6 is 0 Å². The summed E-state index contributed by atoms with van der Waals surface area (Å²) in [6.07, 6.45) is 0.569. The van der Waals surface area contributed by atoms with E-state index >= 15 is 0 Å². The average molecular weight is 202 g/mol. The van der Waals surface area contributed by atoms with Gasteiger partial charge in [0.05, 0.1) is 13.2 Å². The van der Waals surface area contributed by atoms with Gasteiger partial charge in [-0.15, -0.1) is 0 Å². The molecule has 14 heavy (non-hydrogen) atoms. The van der Waals surface area contributed by atoms with Crippen LogP contribution in [0.25, 0.3) is 0 Å². The Hall–Kier alpha value is -0.190. The van der Waals surface area contributed by atoms with E-state index in [1.165, 1.54) is 0 Å². The molecular formula is C10H19FN2O. The predicted octanol–water partition coefficient (Wildman–Crippen LogP) is 0.313. The van der Waals surface area contributed by atoms with E-state index in [9.17, 15) is 4.39 Å². The van der Waals surface area contributed by atoms with E-state index in [4.69, 9.17) is 4.74 Å². The molecule has 2 atom stereocenters. The fraction of sp³-hybridized carbons (Fsp3) is 1.00. The van der Waals surface area contributed by atoms with E-state index in [-0.39, 0.29) is 12.0 Å². The summed E-state index contributed by atoms with van der Waals surface area (Å²) in [6, 6.07) is 0.194. The van der Waals surface area contributed by atoms with Crippen LogP contribution in [-0.4, -0.2) is 44.6 Å². The molecule has 2 N–H and O–H groups in total. The van der Waals surface area contributed by atoms with Gasteiger partial charge in [0.2, 0.25) is 0 Å². The van der Waals surface area contributed by atoms with E-state index in [0.717, 1.165) is 26.2 Å². The fourth-order valence-corrected chi connectivity index (χ4v) is 2.11. The molecule has 2 saturated heterocycles. The van der Waals surface area contributed by atoms with Crippen LogP contribution in [0, 0.1) is 5.92 Å². The van der Waals surface area contributed by atoms with Gasteiger partial charge in [-0.25, -0.2) is 4.39 Å².